The third-order valence-electron chi connectivity index (χ3n) is 4.96. The highest BCUT2D eigenvalue weighted by Crippen LogP contribution is 2.20. The molecular weight excluding hydrogens is 342 g/mol. The highest BCUT2D eigenvalue weighted by atomic mass is 16.5. The number of carbonyl (C=O) groups excluding carboxylic acids is 1. The molecule has 0 aliphatic carbocycles. The molecule has 2 aromatic carbocycles. The first-order valence-corrected chi connectivity index (χ1v) is 9.30. The van der Waals surface area contributed by atoms with Crippen molar-refractivity contribution in [3.63, 3.8) is 0 Å². The third-order valence-corrected chi connectivity index (χ3v) is 4.96. The van der Waals surface area contributed by atoms with Crippen molar-refractivity contribution >= 4 is 16.9 Å². The standard InChI is InChI=1S/C21H23N3O3/c25-12-13-27-18-4-3-11-23(14-18)21(26)16-7-9-17(10-8-16)24-15-22-19-5-1-2-6-20(19)24/h1-2,5-10,15,18,25H,3-4,11-14H2. The number of benzene rings is 2. The molecule has 0 spiro atoms. The summed E-state index contributed by atoms with van der Waals surface area (Å²) in [6.07, 6.45) is 3.65. The molecule has 140 valence electrons. The van der Waals surface area contributed by atoms with Gasteiger partial charge in [-0.1, -0.05) is 12.1 Å². The molecule has 1 aromatic heterocycles. The van der Waals surface area contributed by atoms with Crippen molar-refractivity contribution < 1.29 is 14.6 Å². The second kappa shape index (κ2) is 7.90. The molecule has 1 saturated heterocycles. The van der Waals surface area contributed by atoms with E-state index in [0.29, 0.717) is 18.7 Å². The van der Waals surface area contributed by atoms with Crippen LogP contribution >= 0.6 is 0 Å². The van der Waals surface area contributed by atoms with Gasteiger partial charge in [0.25, 0.3) is 5.91 Å². The van der Waals surface area contributed by atoms with Crippen LogP contribution in [0.5, 0.6) is 0 Å². The van der Waals surface area contributed by atoms with Gasteiger partial charge < -0.3 is 14.7 Å². The lowest BCUT2D eigenvalue weighted by atomic mass is 10.1. The second-order valence-corrected chi connectivity index (χ2v) is 6.76. The molecule has 1 aliphatic heterocycles. The van der Waals surface area contributed by atoms with Gasteiger partial charge in [0.2, 0.25) is 0 Å². The Morgan fingerprint density at radius 1 is 1.19 bits per heavy atom. The first-order valence-electron chi connectivity index (χ1n) is 9.30. The molecule has 1 unspecified atom stereocenters. The quantitative estimate of drug-likeness (QED) is 0.755. The van der Waals surface area contributed by atoms with Crippen molar-refractivity contribution in [2.24, 2.45) is 0 Å². The smallest absolute Gasteiger partial charge is 0.253 e. The number of aromatic nitrogens is 2. The summed E-state index contributed by atoms with van der Waals surface area (Å²) in [6, 6.07) is 15.6. The molecule has 0 bridgehead atoms. The lowest BCUT2D eigenvalue weighted by Crippen LogP contribution is -2.43. The van der Waals surface area contributed by atoms with E-state index in [0.717, 1.165) is 36.1 Å². The molecule has 6 nitrogen and oxygen atoms in total. The zero-order valence-electron chi connectivity index (χ0n) is 15.1. The van der Waals surface area contributed by atoms with E-state index in [1.54, 1.807) is 6.33 Å². The topological polar surface area (TPSA) is 67.6 Å². The number of aliphatic hydroxyl groups is 1. The van der Waals surface area contributed by atoms with E-state index in [1.807, 2.05) is 58.0 Å². The fourth-order valence-electron chi connectivity index (χ4n) is 3.59. The van der Waals surface area contributed by atoms with Gasteiger partial charge in [-0.25, -0.2) is 4.98 Å². The molecule has 27 heavy (non-hydrogen) atoms. The number of fused-ring (bicyclic) bond motifs is 1. The number of hydrogen-bond acceptors (Lipinski definition) is 4. The number of ether oxygens (including phenoxy) is 1. The SMILES string of the molecule is O=C(c1ccc(-n2cnc3ccccc32)cc1)N1CCCC(OCCO)C1. The maximum Gasteiger partial charge on any atom is 0.253 e. The zero-order chi connectivity index (χ0) is 18.6. The van der Waals surface area contributed by atoms with Gasteiger partial charge in [-0.15, -0.1) is 0 Å². The largest absolute Gasteiger partial charge is 0.394 e. The fourth-order valence-corrected chi connectivity index (χ4v) is 3.59. The predicted octanol–water partition coefficient (Wildman–Crippen LogP) is 2.64. The first-order chi connectivity index (χ1) is 13.3. The second-order valence-electron chi connectivity index (χ2n) is 6.76. The summed E-state index contributed by atoms with van der Waals surface area (Å²) in [4.78, 5) is 19.1. The molecule has 0 radical (unpaired) electrons. The monoisotopic (exact) mass is 365 g/mol. The van der Waals surface area contributed by atoms with Crippen LogP contribution in [-0.2, 0) is 4.74 Å². The molecule has 1 N–H and O–H groups in total. The van der Waals surface area contributed by atoms with Gasteiger partial charge in [0.05, 0.1) is 30.4 Å². The van der Waals surface area contributed by atoms with Gasteiger partial charge in [0.15, 0.2) is 0 Å². The number of piperidine rings is 1. The van der Waals surface area contributed by atoms with Gasteiger partial charge >= 0.3 is 0 Å². The van der Waals surface area contributed by atoms with Gasteiger partial charge in [0.1, 0.15) is 6.33 Å². The molecule has 6 heteroatoms. The number of likely N-dealkylation sites (tertiary alicyclic amines) is 1. The summed E-state index contributed by atoms with van der Waals surface area (Å²) in [5.41, 5.74) is 3.63. The van der Waals surface area contributed by atoms with Crippen LogP contribution in [-0.4, -0.2) is 57.9 Å². The van der Waals surface area contributed by atoms with Crippen LogP contribution in [0.1, 0.15) is 23.2 Å². The number of rotatable bonds is 5. The Morgan fingerprint density at radius 3 is 2.81 bits per heavy atom. The Hall–Kier alpha value is -2.70. The maximum atomic E-state index is 12.8. The zero-order valence-corrected chi connectivity index (χ0v) is 15.1. The van der Waals surface area contributed by atoms with E-state index in [-0.39, 0.29) is 18.6 Å². The Kier molecular flexibility index (Phi) is 5.18. The van der Waals surface area contributed by atoms with Crippen LogP contribution in [0.3, 0.4) is 0 Å². The number of nitrogens with zero attached hydrogens (tertiary/aromatic N) is 3. The van der Waals surface area contributed by atoms with Gasteiger partial charge in [-0.3, -0.25) is 9.36 Å². The molecular formula is C21H23N3O3. The van der Waals surface area contributed by atoms with Crippen molar-refractivity contribution in [2.45, 2.75) is 18.9 Å². The van der Waals surface area contributed by atoms with Crippen LogP contribution in [0.4, 0.5) is 0 Å². The number of aliphatic hydroxyl groups excluding tert-OH is 1. The van der Waals surface area contributed by atoms with Crippen molar-refractivity contribution in [2.75, 3.05) is 26.3 Å². The molecule has 2 heterocycles. The highest BCUT2D eigenvalue weighted by Gasteiger charge is 2.24. The van der Waals surface area contributed by atoms with E-state index in [4.69, 9.17) is 9.84 Å². The van der Waals surface area contributed by atoms with Gasteiger partial charge in [0, 0.05) is 24.3 Å². The van der Waals surface area contributed by atoms with Gasteiger partial charge in [-0.2, -0.15) is 0 Å². The minimum atomic E-state index is 0.00596. The fraction of sp³-hybridized carbons (Fsp3) is 0.333. The van der Waals surface area contributed by atoms with Crippen molar-refractivity contribution in [3.05, 3.63) is 60.4 Å². The number of imidazole rings is 1. The minimum Gasteiger partial charge on any atom is -0.394 e. The number of para-hydroxylation sites is 2. The van der Waals surface area contributed by atoms with Crippen LogP contribution < -0.4 is 0 Å². The number of hydrogen-bond donors (Lipinski definition) is 1. The summed E-state index contributed by atoms with van der Waals surface area (Å²) in [5.74, 6) is 0.0225. The Bertz CT molecular complexity index is 920. The maximum absolute atomic E-state index is 12.8. The molecule has 1 fully saturated rings. The van der Waals surface area contributed by atoms with Crippen molar-refractivity contribution in [1.29, 1.82) is 0 Å². The number of amides is 1. The summed E-state index contributed by atoms with van der Waals surface area (Å²) < 4.78 is 7.62. The Balaban J connectivity index is 1.49. The molecule has 0 saturated carbocycles. The van der Waals surface area contributed by atoms with E-state index in [9.17, 15) is 4.79 Å². The normalized spacial score (nSPS) is 17.4. The van der Waals surface area contributed by atoms with E-state index < -0.39 is 0 Å². The third kappa shape index (κ3) is 3.72. The first kappa shape index (κ1) is 17.7. The molecule has 1 amide bonds. The van der Waals surface area contributed by atoms with Crippen molar-refractivity contribution in [1.82, 2.24) is 14.5 Å². The summed E-state index contributed by atoms with van der Waals surface area (Å²) >= 11 is 0. The van der Waals surface area contributed by atoms with Crippen LogP contribution in [0.15, 0.2) is 54.9 Å². The molecule has 3 aromatic rings. The molecule has 4 rings (SSSR count). The average Bonchev–Trinajstić information content (AvgIpc) is 3.16. The van der Waals surface area contributed by atoms with Crippen LogP contribution in [0.25, 0.3) is 16.7 Å². The van der Waals surface area contributed by atoms with E-state index in [1.165, 1.54) is 0 Å². The minimum absolute atomic E-state index is 0.00596. The molecule has 1 atom stereocenters. The summed E-state index contributed by atoms with van der Waals surface area (Å²) in [6.45, 7) is 1.65. The Morgan fingerprint density at radius 2 is 2.00 bits per heavy atom. The predicted molar refractivity (Wildman–Crippen MR) is 103 cm³/mol. The molecule has 1 aliphatic rings. The summed E-state index contributed by atoms with van der Waals surface area (Å²) in [5, 5.41) is 8.91. The van der Waals surface area contributed by atoms with Crippen molar-refractivity contribution in [3.8, 4) is 5.69 Å². The van der Waals surface area contributed by atoms with E-state index in [2.05, 4.69) is 4.98 Å². The Labute approximate surface area is 158 Å². The average molecular weight is 365 g/mol. The summed E-state index contributed by atoms with van der Waals surface area (Å²) in [7, 11) is 0. The highest BCUT2D eigenvalue weighted by molar-refractivity contribution is 5.94. The van der Waals surface area contributed by atoms with E-state index >= 15 is 0 Å². The van der Waals surface area contributed by atoms with Gasteiger partial charge in [-0.05, 0) is 49.2 Å². The lowest BCUT2D eigenvalue weighted by molar-refractivity contribution is -0.0110. The van der Waals surface area contributed by atoms with Crippen LogP contribution in [0, 0.1) is 0 Å². The number of carbonyl (C=O) groups is 1. The van der Waals surface area contributed by atoms with Crippen LogP contribution in [0.2, 0.25) is 0 Å². The lowest BCUT2D eigenvalue weighted by Gasteiger charge is -2.32.